The molecular formula is C12H18N2O3S. The molecule has 6 heteroatoms. The second-order valence-electron chi connectivity index (χ2n) is 4.17. The van der Waals surface area contributed by atoms with Crippen molar-refractivity contribution in [1.29, 1.82) is 0 Å². The standard InChI is InChI=1S/C12H18N2O3S/c1-10-4-6-12(7-5-10)14(11(2)15)9-8-13-18(3,16)17/h4-7,13H,8-9H2,1-3H3. The van der Waals surface area contributed by atoms with E-state index in [1.165, 1.54) is 11.8 Å². The number of carbonyl (C=O) groups excluding carboxylic acids is 1. The molecule has 0 aliphatic heterocycles. The van der Waals surface area contributed by atoms with Gasteiger partial charge in [0.25, 0.3) is 0 Å². The molecule has 0 atom stereocenters. The summed E-state index contributed by atoms with van der Waals surface area (Å²) in [7, 11) is -3.22. The quantitative estimate of drug-likeness (QED) is 0.864. The van der Waals surface area contributed by atoms with E-state index in [2.05, 4.69) is 4.72 Å². The van der Waals surface area contributed by atoms with Gasteiger partial charge in [-0.2, -0.15) is 0 Å². The molecule has 18 heavy (non-hydrogen) atoms. The van der Waals surface area contributed by atoms with Crippen LogP contribution in [0, 0.1) is 6.92 Å². The van der Waals surface area contributed by atoms with Crippen molar-refractivity contribution in [3.63, 3.8) is 0 Å². The third-order valence-corrected chi connectivity index (χ3v) is 3.15. The lowest BCUT2D eigenvalue weighted by atomic mass is 10.2. The van der Waals surface area contributed by atoms with Crippen LogP contribution < -0.4 is 9.62 Å². The first-order valence-corrected chi connectivity index (χ1v) is 7.48. The van der Waals surface area contributed by atoms with Crippen molar-refractivity contribution in [3.8, 4) is 0 Å². The van der Waals surface area contributed by atoms with Crippen LogP contribution in [0.25, 0.3) is 0 Å². The van der Waals surface area contributed by atoms with Crippen molar-refractivity contribution < 1.29 is 13.2 Å². The van der Waals surface area contributed by atoms with E-state index in [4.69, 9.17) is 0 Å². The molecule has 0 saturated carbocycles. The number of nitrogens with zero attached hydrogens (tertiary/aromatic N) is 1. The lowest BCUT2D eigenvalue weighted by Gasteiger charge is -2.21. The van der Waals surface area contributed by atoms with Gasteiger partial charge in [-0.25, -0.2) is 13.1 Å². The summed E-state index contributed by atoms with van der Waals surface area (Å²) < 4.78 is 24.3. The number of anilines is 1. The van der Waals surface area contributed by atoms with Crippen molar-refractivity contribution in [2.45, 2.75) is 13.8 Å². The van der Waals surface area contributed by atoms with Crippen molar-refractivity contribution in [1.82, 2.24) is 4.72 Å². The van der Waals surface area contributed by atoms with E-state index >= 15 is 0 Å². The van der Waals surface area contributed by atoms with E-state index in [1.807, 2.05) is 31.2 Å². The van der Waals surface area contributed by atoms with Gasteiger partial charge >= 0.3 is 0 Å². The number of aryl methyl sites for hydroxylation is 1. The fourth-order valence-corrected chi connectivity index (χ4v) is 2.00. The summed E-state index contributed by atoms with van der Waals surface area (Å²) in [6, 6.07) is 7.51. The van der Waals surface area contributed by atoms with E-state index < -0.39 is 10.0 Å². The molecule has 0 radical (unpaired) electrons. The summed E-state index contributed by atoms with van der Waals surface area (Å²) >= 11 is 0. The molecule has 0 aliphatic rings. The molecule has 0 saturated heterocycles. The van der Waals surface area contributed by atoms with E-state index in [9.17, 15) is 13.2 Å². The minimum Gasteiger partial charge on any atom is -0.311 e. The largest absolute Gasteiger partial charge is 0.311 e. The molecule has 100 valence electrons. The molecule has 0 heterocycles. The van der Waals surface area contributed by atoms with E-state index in [1.54, 1.807) is 0 Å². The highest BCUT2D eigenvalue weighted by Crippen LogP contribution is 2.14. The zero-order valence-corrected chi connectivity index (χ0v) is 11.6. The second kappa shape index (κ2) is 5.97. The van der Waals surface area contributed by atoms with Gasteiger partial charge in [-0.3, -0.25) is 4.79 Å². The molecule has 0 bridgehead atoms. The molecular weight excluding hydrogens is 252 g/mol. The molecule has 5 nitrogen and oxygen atoms in total. The third kappa shape index (κ3) is 4.85. The monoisotopic (exact) mass is 270 g/mol. The molecule has 0 unspecified atom stereocenters. The zero-order valence-electron chi connectivity index (χ0n) is 10.8. The van der Waals surface area contributed by atoms with Crippen LogP contribution in [0.1, 0.15) is 12.5 Å². The summed E-state index contributed by atoms with van der Waals surface area (Å²) in [6.45, 7) is 3.94. The Morgan fingerprint density at radius 1 is 1.28 bits per heavy atom. The van der Waals surface area contributed by atoms with Crippen LogP contribution in [0.5, 0.6) is 0 Å². The highest BCUT2D eigenvalue weighted by atomic mass is 32.2. The first-order valence-electron chi connectivity index (χ1n) is 5.59. The van der Waals surface area contributed by atoms with Gasteiger partial charge in [-0.1, -0.05) is 17.7 Å². The maximum absolute atomic E-state index is 11.5. The molecule has 0 aromatic heterocycles. The van der Waals surface area contributed by atoms with Gasteiger partial charge in [0.15, 0.2) is 0 Å². The Labute approximate surface area is 108 Å². The zero-order chi connectivity index (χ0) is 13.8. The normalized spacial score (nSPS) is 11.3. The summed E-state index contributed by atoms with van der Waals surface area (Å²) in [4.78, 5) is 13.1. The summed E-state index contributed by atoms with van der Waals surface area (Å²) in [5.74, 6) is -0.117. The summed E-state index contributed by atoms with van der Waals surface area (Å²) in [5.41, 5.74) is 1.87. The topological polar surface area (TPSA) is 66.5 Å². The molecule has 1 aromatic carbocycles. The number of amides is 1. The average Bonchev–Trinajstić information content (AvgIpc) is 2.24. The van der Waals surface area contributed by atoms with Gasteiger partial charge in [0.1, 0.15) is 0 Å². The van der Waals surface area contributed by atoms with Crippen LogP contribution in [0.15, 0.2) is 24.3 Å². The van der Waals surface area contributed by atoms with Gasteiger partial charge in [0.2, 0.25) is 15.9 Å². The van der Waals surface area contributed by atoms with Crippen LogP contribution in [0.2, 0.25) is 0 Å². The first kappa shape index (κ1) is 14.7. The van der Waals surface area contributed by atoms with Crippen LogP contribution in [0.3, 0.4) is 0 Å². The van der Waals surface area contributed by atoms with E-state index in [-0.39, 0.29) is 12.5 Å². The Hall–Kier alpha value is -1.40. The minimum atomic E-state index is -3.22. The highest BCUT2D eigenvalue weighted by molar-refractivity contribution is 7.88. The molecule has 0 spiro atoms. The van der Waals surface area contributed by atoms with Gasteiger partial charge in [0.05, 0.1) is 6.26 Å². The summed E-state index contributed by atoms with van der Waals surface area (Å²) in [5, 5.41) is 0. The Morgan fingerprint density at radius 2 is 1.83 bits per heavy atom. The lowest BCUT2D eigenvalue weighted by Crippen LogP contribution is -2.37. The Bertz CT molecular complexity index is 509. The van der Waals surface area contributed by atoms with Crippen LogP contribution in [0.4, 0.5) is 5.69 Å². The third-order valence-electron chi connectivity index (χ3n) is 2.43. The number of sulfonamides is 1. The molecule has 0 fully saturated rings. The maximum atomic E-state index is 11.5. The maximum Gasteiger partial charge on any atom is 0.223 e. The predicted octanol–water partition coefficient (Wildman–Crippen LogP) is 0.897. The summed E-state index contributed by atoms with van der Waals surface area (Å²) in [6.07, 6.45) is 1.09. The average molecular weight is 270 g/mol. The van der Waals surface area contributed by atoms with Gasteiger partial charge in [0, 0.05) is 25.7 Å². The number of nitrogens with one attached hydrogen (secondary N) is 1. The molecule has 1 N–H and O–H groups in total. The van der Waals surface area contributed by atoms with Crippen molar-refractivity contribution in [3.05, 3.63) is 29.8 Å². The van der Waals surface area contributed by atoms with Gasteiger partial charge in [-0.05, 0) is 19.1 Å². The minimum absolute atomic E-state index is 0.117. The van der Waals surface area contributed by atoms with E-state index in [0.29, 0.717) is 6.54 Å². The van der Waals surface area contributed by atoms with Crippen molar-refractivity contribution in [2.75, 3.05) is 24.2 Å². The molecule has 1 aromatic rings. The fourth-order valence-electron chi connectivity index (χ4n) is 1.54. The van der Waals surface area contributed by atoms with Crippen LogP contribution >= 0.6 is 0 Å². The van der Waals surface area contributed by atoms with Crippen LogP contribution in [-0.4, -0.2) is 33.7 Å². The Balaban J connectivity index is 2.72. The SMILES string of the molecule is CC(=O)N(CCNS(C)(=O)=O)c1ccc(C)cc1. The molecule has 1 rings (SSSR count). The first-order chi connectivity index (χ1) is 8.29. The number of rotatable bonds is 5. The number of benzene rings is 1. The second-order valence-corrected chi connectivity index (χ2v) is 6.01. The predicted molar refractivity (Wildman–Crippen MR) is 72.1 cm³/mol. The number of hydrogen-bond donors (Lipinski definition) is 1. The van der Waals surface area contributed by atoms with E-state index in [0.717, 1.165) is 17.5 Å². The van der Waals surface area contributed by atoms with Gasteiger partial charge in [-0.15, -0.1) is 0 Å². The van der Waals surface area contributed by atoms with Crippen molar-refractivity contribution in [2.24, 2.45) is 0 Å². The lowest BCUT2D eigenvalue weighted by molar-refractivity contribution is -0.116. The smallest absolute Gasteiger partial charge is 0.223 e. The van der Waals surface area contributed by atoms with Crippen LogP contribution in [-0.2, 0) is 14.8 Å². The highest BCUT2D eigenvalue weighted by Gasteiger charge is 2.11. The molecule has 1 amide bonds. The Morgan fingerprint density at radius 3 is 2.28 bits per heavy atom. The molecule has 0 aliphatic carbocycles. The number of hydrogen-bond acceptors (Lipinski definition) is 3. The number of carbonyl (C=O) groups is 1. The Kier molecular flexibility index (Phi) is 4.86. The fraction of sp³-hybridized carbons (Fsp3) is 0.417. The van der Waals surface area contributed by atoms with Crippen molar-refractivity contribution >= 4 is 21.6 Å². The van der Waals surface area contributed by atoms with Gasteiger partial charge < -0.3 is 4.90 Å².